The first kappa shape index (κ1) is 21.7. The summed E-state index contributed by atoms with van der Waals surface area (Å²) in [7, 11) is 0. The lowest BCUT2D eigenvalue weighted by molar-refractivity contribution is 0.335. The average molecular weight is 474 g/mol. The predicted molar refractivity (Wildman–Crippen MR) is 137 cm³/mol. The van der Waals surface area contributed by atoms with E-state index in [0.29, 0.717) is 23.0 Å². The molecule has 5 aromatic rings. The monoisotopic (exact) mass is 473 g/mol. The molecule has 166 valence electrons. The largest absolute Gasteiger partial charge is 0.494 e. The molecule has 0 aliphatic carbocycles. The second-order valence-electron chi connectivity index (χ2n) is 7.68. The lowest BCUT2D eigenvalue weighted by atomic mass is 10.1. The van der Waals surface area contributed by atoms with E-state index in [2.05, 4.69) is 24.0 Å². The minimum atomic E-state index is -0.0402. The van der Waals surface area contributed by atoms with Crippen molar-refractivity contribution < 1.29 is 4.74 Å². The Morgan fingerprint density at radius 3 is 2.64 bits per heavy atom. The second-order valence-corrected chi connectivity index (χ2v) is 9.62. The van der Waals surface area contributed by atoms with Gasteiger partial charge in [-0.25, -0.2) is 9.97 Å². The van der Waals surface area contributed by atoms with E-state index in [-0.39, 0.29) is 5.56 Å². The fourth-order valence-electron chi connectivity index (χ4n) is 3.81. The molecule has 33 heavy (non-hydrogen) atoms. The SMILES string of the molecule is CCOc1ccccc1Cn1c(SCc2ccccc2C)nc2c(sc3ncccc32)c1=O. The molecule has 0 bridgehead atoms. The topological polar surface area (TPSA) is 57.0 Å². The summed E-state index contributed by atoms with van der Waals surface area (Å²) in [6.45, 7) is 5.04. The highest BCUT2D eigenvalue weighted by molar-refractivity contribution is 7.98. The highest BCUT2D eigenvalue weighted by atomic mass is 32.2. The minimum Gasteiger partial charge on any atom is -0.494 e. The number of benzene rings is 2. The van der Waals surface area contributed by atoms with Gasteiger partial charge in [-0.05, 0) is 43.2 Å². The summed E-state index contributed by atoms with van der Waals surface area (Å²) in [5.41, 5.74) is 4.11. The molecule has 2 aromatic carbocycles. The summed E-state index contributed by atoms with van der Waals surface area (Å²) >= 11 is 2.99. The van der Waals surface area contributed by atoms with Crippen LogP contribution in [-0.2, 0) is 12.3 Å². The van der Waals surface area contributed by atoms with Crippen molar-refractivity contribution in [2.45, 2.75) is 31.3 Å². The molecular weight excluding hydrogens is 450 g/mol. The van der Waals surface area contributed by atoms with Gasteiger partial charge in [0.05, 0.1) is 18.7 Å². The van der Waals surface area contributed by atoms with Gasteiger partial charge in [-0.1, -0.05) is 54.2 Å². The summed E-state index contributed by atoms with van der Waals surface area (Å²) in [6.07, 6.45) is 1.75. The number of pyridine rings is 1. The number of fused-ring (bicyclic) bond motifs is 3. The van der Waals surface area contributed by atoms with Crippen molar-refractivity contribution in [2.24, 2.45) is 0 Å². The Kier molecular flexibility index (Phi) is 6.15. The van der Waals surface area contributed by atoms with Crippen molar-refractivity contribution in [3.8, 4) is 5.75 Å². The third-order valence-electron chi connectivity index (χ3n) is 5.54. The molecule has 0 radical (unpaired) electrons. The van der Waals surface area contributed by atoms with Crippen LogP contribution in [0.1, 0.15) is 23.6 Å². The van der Waals surface area contributed by atoms with E-state index in [4.69, 9.17) is 9.72 Å². The Hall–Kier alpha value is -3.16. The normalized spacial score (nSPS) is 11.3. The van der Waals surface area contributed by atoms with Crippen LogP contribution >= 0.6 is 23.1 Å². The number of hydrogen-bond donors (Lipinski definition) is 0. The molecule has 7 heteroatoms. The van der Waals surface area contributed by atoms with Crippen molar-refractivity contribution in [1.29, 1.82) is 0 Å². The van der Waals surface area contributed by atoms with Gasteiger partial charge in [0.15, 0.2) is 5.16 Å². The molecule has 0 spiro atoms. The van der Waals surface area contributed by atoms with E-state index in [1.54, 1.807) is 22.5 Å². The highest BCUT2D eigenvalue weighted by Gasteiger charge is 2.18. The first-order valence-corrected chi connectivity index (χ1v) is 12.6. The van der Waals surface area contributed by atoms with Crippen molar-refractivity contribution in [2.75, 3.05) is 6.61 Å². The van der Waals surface area contributed by atoms with Crippen molar-refractivity contribution in [3.05, 3.63) is 93.9 Å². The quantitative estimate of drug-likeness (QED) is 0.213. The molecule has 5 nitrogen and oxygen atoms in total. The van der Waals surface area contributed by atoms with Crippen LogP contribution < -0.4 is 10.3 Å². The fraction of sp³-hybridized carbons (Fsp3) is 0.192. The van der Waals surface area contributed by atoms with Gasteiger partial charge in [0.25, 0.3) is 5.56 Å². The van der Waals surface area contributed by atoms with Gasteiger partial charge >= 0.3 is 0 Å². The molecule has 0 atom stereocenters. The van der Waals surface area contributed by atoms with Crippen LogP contribution in [0, 0.1) is 6.92 Å². The van der Waals surface area contributed by atoms with Crippen LogP contribution in [0.3, 0.4) is 0 Å². The smallest absolute Gasteiger partial charge is 0.272 e. The van der Waals surface area contributed by atoms with Gasteiger partial charge < -0.3 is 4.74 Å². The summed E-state index contributed by atoms with van der Waals surface area (Å²) in [4.78, 5) is 24.0. The van der Waals surface area contributed by atoms with Crippen molar-refractivity contribution in [1.82, 2.24) is 14.5 Å². The molecule has 0 fully saturated rings. The fourth-order valence-corrected chi connectivity index (χ4v) is 5.91. The number of rotatable bonds is 7. The molecule has 3 heterocycles. The lowest BCUT2D eigenvalue weighted by Crippen LogP contribution is -2.23. The average Bonchev–Trinajstić information content (AvgIpc) is 3.21. The summed E-state index contributed by atoms with van der Waals surface area (Å²) < 4.78 is 8.23. The number of nitrogens with zero attached hydrogens (tertiary/aromatic N) is 3. The first-order chi connectivity index (χ1) is 16.2. The van der Waals surface area contributed by atoms with E-state index < -0.39 is 0 Å². The summed E-state index contributed by atoms with van der Waals surface area (Å²) in [5.74, 6) is 1.53. The van der Waals surface area contributed by atoms with E-state index in [1.165, 1.54) is 22.5 Å². The number of aryl methyl sites for hydroxylation is 1. The molecule has 0 aliphatic rings. The maximum absolute atomic E-state index is 13.7. The lowest BCUT2D eigenvalue weighted by Gasteiger charge is -2.15. The molecule has 0 amide bonds. The molecule has 0 saturated carbocycles. The Morgan fingerprint density at radius 2 is 1.82 bits per heavy atom. The second kappa shape index (κ2) is 9.37. The number of aromatic nitrogens is 3. The molecule has 5 rings (SSSR count). The third kappa shape index (κ3) is 4.26. The standard InChI is InChI=1S/C26H23N3O2S2/c1-3-31-21-13-7-6-10-18(21)15-29-25(30)23-22(20-12-8-14-27-24(20)33-23)28-26(29)32-16-19-11-5-4-9-17(19)2/h4-14H,3,15-16H2,1-2H3. The molecule has 0 N–H and O–H groups in total. The zero-order chi connectivity index (χ0) is 22.8. The van der Waals surface area contributed by atoms with E-state index in [0.717, 1.165) is 32.8 Å². The minimum absolute atomic E-state index is 0.0402. The Morgan fingerprint density at radius 1 is 1.03 bits per heavy atom. The molecule has 0 aliphatic heterocycles. The van der Waals surface area contributed by atoms with Crippen LogP contribution in [0.25, 0.3) is 20.4 Å². The van der Waals surface area contributed by atoms with Crippen molar-refractivity contribution >= 4 is 43.5 Å². The zero-order valence-electron chi connectivity index (χ0n) is 18.4. The third-order valence-corrected chi connectivity index (χ3v) is 7.65. The van der Waals surface area contributed by atoms with Crippen LogP contribution in [0.15, 0.2) is 76.8 Å². The van der Waals surface area contributed by atoms with Crippen molar-refractivity contribution in [3.63, 3.8) is 0 Å². The van der Waals surface area contributed by atoms with Crippen LogP contribution in [-0.4, -0.2) is 21.1 Å². The van der Waals surface area contributed by atoms with Crippen LogP contribution in [0.5, 0.6) is 5.75 Å². The maximum Gasteiger partial charge on any atom is 0.272 e. The van der Waals surface area contributed by atoms with E-state index >= 15 is 0 Å². The Balaban J connectivity index is 1.64. The summed E-state index contributed by atoms with van der Waals surface area (Å²) in [5, 5.41) is 1.62. The van der Waals surface area contributed by atoms with Gasteiger partial charge in [0.2, 0.25) is 0 Å². The zero-order valence-corrected chi connectivity index (χ0v) is 20.1. The van der Waals surface area contributed by atoms with Gasteiger partial charge in [-0.15, -0.1) is 11.3 Å². The van der Waals surface area contributed by atoms with E-state index in [9.17, 15) is 4.79 Å². The van der Waals surface area contributed by atoms with Crippen LogP contribution in [0.2, 0.25) is 0 Å². The molecular formula is C26H23N3O2S2. The Labute approximate surface area is 200 Å². The number of ether oxygens (including phenoxy) is 1. The number of thioether (sulfide) groups is 1. The molecule has 0 unspecified atom stereocenters. The molecule has 3 aromatic heterocycles. The summed E-state index contributed by atoms with van der Waals surface area (Å²) in [6, 6.07) is 20.1. The van der Waals surface area contributed by atoms with Gasteiger partial charge in [-0.2, -0.15) is 0 Å². The first-order valence-electron chi connectivity index (χ1n) is 10.8. The van der Waals surface area contributed by atoms with E-state index in [1.807, 2.05) is 55.5 Å². The van der Waals surface area contributed by atoms with Gasteiger partial charge in [0.1, 0.15) is 15.3 Å². The highest BCUT2D eigenvalue weighted by Crippen LogP contribution is 2.32. The van der Waals surface area contributed by atoms with Gasteiger partial charge in [0, 0.05) is 22.9 Å². The number of para-hydroxylation sites is 1. The maximum atomic E-state index is 13.7. The Bertz CT molecular complexity index is 1510. The van der Waals surface area contributed by atoms with Gasteiger partial charge in [-0.3, -0.25) is 9.36 Å². The number of hydrogen-bond acceptors (Lipinski definition) is 6. The molecule has 0 saturated heterocycles. The number of thiophene rings is 1. The predicted octanol–water partition coefficient (Wildman–Crippen LogP) is 6.05. The van der Waals surface area contributed by atoms with Crippen LogP contribution in [0.4, 0.5) is 0 Å².